The summed E-state index contributed by atoms with van der Waals surface area (Å²) in [7, 11) is 0. The fourth-order valence-electron chi connectivity index (χ4n) is 1.05. The van der Waals surface area contributed by atoms with Crippen LogP contribution >= 0.6 is 11.6 Å². The zero-order chi connectivity index (χ0) is 12.3. The summed E-state index contributed by atoms with van der Waals surface area (Å²) >= 11 is 5.78. The second-order valence-corrected chi connectivity index (χ2v) is 5.17. The summed E-state index contributed by atoms with van der Waals surface area (Å²) in [4.78, 5) is 15.4. The molecule has 0 unspecified atom stereocenters. The Morgan fingerprint density at radius 3 is 2.69 bits per heavy atom. The maximum absolute atomic E-state index is 11.5. The third-order valence-corrected chi connectivity index (χ3v) is 2.62. The van der Waals surface area contributed by atoms with E-state index in [0.717, 1.165) is 5.76 Å². The Morgan fingerprint density at radius 1 is 1.62 bits per heavy atom. The van der Waals surface area contributed by atoms with Crippen molar-refractivity contribution in [2.24, 2.45) is 0 Å². The first-order valence-corrected chi connectivity index (χ1v) is 5.69. The molecule has 0 aliphatic heterocycles. The first-order valence-electron chi connectivity index (χ1n) is 5.26. The number of carbonyl (C=O) groups excluding carboxylic acids is 1. The van der Waals surface area contributed by atoms with Crippen molar-refractivity contribution in [1.82, 2.24) is 4.98 Å². The Morgan fingerprint density at radius 2 is 2.25 bits per heavy atom. The lowest BCUT2D eigenvalue weighted by Gasteiger charge is -2.13. The van der Waals surface area contributed by atoms with Crippen molar-refractivity contribution < 1.29 is 9.21 Å². The largest absolute Gasteiger partial charge is 0.428 e. The number of halogens is 1. The standard InChI is InChI=1S/C11H17ClN2O2/c1-5-7(12)9(15)14-10-13-6-8(16-10)11(2,3)4/h6-7H,5H2,1-4H3,(H,13,14,15)/t7-/m1/s1. The molecule has 0 aliphatic rings. The maximum Gasteiger partial charge on any atom is 0.301 e. The fourth-order valence-corrected chi connectivity index (χ4v) is 1.10. The number of oxazole rings is 1. The van der Waals surface area contributed by atoms with Crippen LogP contribution in [0.15, 0.2) is 10.6 Å². The molecule has 0 saturated heterocycles. The quantitative estimate of drug-likeness (QED) is 0.832. The molecule has 1 aromatic rings. The first-order chi connectivity index (χ1) is 7.34. The molecular weight excluding hydrogens is 228 g/mol. The molecule has 0 saturated carbocycles. The summed E-state index contributed by atoms with van der Waals surface area (Å²) in [5.41, 5.74) is -0.124. The van der Waals surface area contributed by atoms with Gasteiger partial charge < -0.3 is 4.42 Å². The number of hydrogen-bond donors (Lipinski definition) is 1. The van der Waals surface area contributed by atoms with E-state index in [9.17, 15) is 4.79 Å². The minimum Gasteiger partial charge on any atom is -0.428 e. The van der Waals surface area contributed by atoms with Gasteiger partial charge in [-0.2, -0.15) is 0 Å². The molecule has 1 N–H and O–H groups in total. The fraction of sp³-hybridized carbons (Fsp3) is 0.636. The van der Waals surface area contributed by atoms with Crippen LogP contribution < -0.4 is 5.32 Å². The van der Waals surface area contributed by atoms with E-state index in [0.29, 0.717) is 6.42 Å². The van der Waals surface area contributed by atoms with Gasteiger partial charge in [0.05, 0.1) is 6.20 Å². The second-order valence-electron chi connectivity index (χ2n) is 4.64. The Bertz CT molecular complexity index is 368. The summed E-state index contributed by atoms with van der Waals surface area (Å²) in [6.45, 7) is 7.87. The predicted octanol–water partition coefficient (Wildman–Crippen LogP) is 2.93. The van der Waals surface area contributed by atoms with Crippen molar-refractivity contribution in [1.29, 1.82) is 0 Å². The molecule has 0 bridgehead atoms. The molecule has 0 aromatic carbocycles. The van der Waals surface area contributed by atoms with Crippen molar-refractivity contribution in [3.05, 3.63) is 12.0 Å². The Kier molecular flexibility index (Phi) is 3.97. The summed E-state index contributed by atoms with van der Waals surface area (Å²) in [6.07, 6.45) is 2.19. The SMILES string of the molecule is CC[C@@H](Cl)C(=O)Nc1ncc(C(C)(C)C)o1. The first kappa shape index (κ1) is 13.0. The Labute approximate surface area is 100 Å². The Hall–Kier alpha value is -1.03. The molecule has 5 heteroatoms. The molecular formula is C11H17ClN2O2. The summed E-state index contributed by atoms with van der Waals surface area (Å²) in [6, 6.07) is 0.203. The van der Waals surface area contributed by atoms with Crippen LogP contribution in [-0.4, -0.2) is 16.3 Å². The average Bonchev–Trinajstić information content (AvgIpc) is 2.64. The summed E-state index contributed by atoms with van der Waals surface area (Å²) in [5, 5.41) is 1.99. The van der Waals surface area contributed by atoms with E-state index < -0.39 is 5.38 Å². The lowest BCUT2D eigenvalue weighted by atomic mass is 9.94. The molecule has 0 spiro atoms. The average molecular weight is 245 g/mol. The highest BCUT2D eigenvalue weighted by atomic mass is 35.5. The molecule has 1 aromatic heterocycles. The van der Waals surface area contributed by atoms with Gasteiger partial charge in [-0.3, -0.25) is 10.1 Å². The van der Waals surface area contributed by atoms with E-state index in [4.69, 9.17) is 16.0 Å². The third-order valence-electron chi connectivity index (χ3n) is 2.12. The van der Waals surface area contributed by atoms with E-state index >= 15 is 0 Å². The van der Waals surface area contributed by atoms with Crippen molar-refractivity contribution in [2.75, 3.05) is 5.32 Å². The van der Waals surface area contributed by atoms with E-state index in [1.54, 1.807) is 6.20 Å². The van der Waals surface area contributed by atoms with Crippen molar-refractivity contribution in [3.8, 4) is 0 Å². The molecule has 1 heterocycles. The van der Waals surface area contributed by atoms with Crippen LogP contribution in [0.1, 0.15) is 39.9 Å². The zero-order valence-electron chi connectivity index (χ0n) is 10.0. The smallest absolute Gasteiger partial charge is 0.301 e. The van der Waals surface area contributed by atoms with Crippen LogP contribution in [0, 0.1) is 0 Å². The minimum atomic E-state index is -0.551. The monoisotopic (exact) mass is 244 g/mol. The third kappa shape index (κ3) is 3.23. The summed E-state index contributed by atoms with van der Waals surface area (Å²) < 4.78 is 5.41. The van der Waals surface area contributed by atoms with Crippen molar-refractivity contribution in [2.45, 2.75) is 44.9 Å². The van der Waals surface area contributed by atoms with Crippen LogP contribution in [0.5, 0.6) is 0 Å². The number of nitrogens with one attached hydrogen (secondary N) is 1. The van der Waals surface area contributed by atoms with Crippen molar-refractivity contribution >= 4 is 23.5 Å². The number of carbonyl (C=O) groups is 1. The number of alkyl halides is 1. The van der Waals surface area contributed by atoms with Gasteiger partial charge in [-0.15, -0.1) is 11.6 Å². The molecule has 0 aliphatic carbocycles. The highest BCUT2D eigenvalue weighted by molar-refractivity contribution is 6.32. The molecule has 0 fully saturated rings. The van der Waals surface area contributed by atoms with Gasteiger partial charge in [-0.1, -0.05) is 27.7 Å². The minimum absolute atomic E-state index is 0.124. The van der Waals surface area contributed by atoms with Crippen LogP contribution in [0.25, 0.3) is 0 Å². The van der Waals surface area contributed by atoms with Gasteiger partial charge in [-0.25, -0.2) is 4.98 Å². The Balaban J connectivity index is 2.70. The van der Waals surface area contributed by atoms with E-state index in [1.807, 2.05) is 27.7 Å². The highest BCUT2D eigenvalue weighted by Crippen LogP contribution is 2.24. The van der Waals surface area contributed by atoms with E-state index in [2.05, 4.69) is 10.3 Å². The zero-order valence-corrected chi connectivity index (χ0v) is 10.8. The summed E-state index contributed by atoms with van der Waals surface area (Å²) in [5.74, 6) is 0.442. The second kappa shape index (κ2) is 4.87. The number of aromatic nitrogens is 1. The van der Waals surface area contributed by atoms with Gasteiger partial charge in [0, 0.05) is 5.41 Å². The van der Waals surface area contributed by atoms with Crippen LogP contribution in [-0.2, 0) is 10.2 Å². The number of nitrogens with zero attached hydrogens (tertiary/aromatic N) is 1. The molecule has 1 amide bonds. The molecule has 4 nitrogen and oxygen atoms in total. The van der Waals surface area contributed by atoms with Gasteiger partial charge in [0.1, 0.15) is 11.1 Å². The lowest BCUT2D eigenvalue weighted by Crippen LogP contribution is -2.22. The number of anilines is 1. The number of rotatable bonds is 3. The molecule has 0 radical (unpaired) electrons. The van der Waals surface area contributed by atoms with E-state index in [1.165, 1.54) is 0 Å². The van der Waals surface area contributed by atoms with Gasteiger partial charge in [0.15, 0.2) is 0 Å². The number of hydrogen-bond acceptors (Lipinski definition) is 3. The van der Waals surface area contributed by atoms with Crippen LogP contribution in [0.4, 0.5) is 6.01 Å². The van der Waals surface area contributed by atoms with Crippen molar-refractivity contribution in [3.63, 3.8) is 0 Å². The van der Waals surface area contributed by atoms with Gasteiger partial charge in [0.2, 0.25) is 5.91 Å². The highest BCUT2D eigenvalue weighted by Gasteiger charge is 2.21. The van der Waals surface area contributed by atoms with Gasteiger partial charge >= 0.3 is 6.01 Å². The maximum atomic E-state index is 11.5. The van der Waals surface area contributed by atoms with Gasteiger partial charge in [-0.05, 0) is 6.42 Å². The van der Waals surface area contributed by atoms with Gasteiger partial charge in [0.25, 0.3) is 0 Å². The van der Waals surface area contributed by atoms with E-state index in [-0.39, 0.29) is 17.3 Å². The lowest BCUT2D eigenvalue weighted by molar-refractivity contribution is -0.116. The topological polar surface area (TPSA) is 55.1 Å². The molecule has 1 rings (SSSR count). The molecule has 90 valence electrons. The van der Waals surface area contributed by atoms with Crippen LogP contribution in [0.2, 0.25) is 0 Å². The number of amides is 1. The molecule has 1 atom stereocenters. The molecule has 16 heavy (non-hydrogen) atoms. The van der Waals surface area contributed by atoms with Crippen LogP contribution in [0.3, 0.4) is 0 Å². The normalized spacial score (nSPS) is 13.6. The predicted molar refractivity (Wildman–Crippen MR) is 63.8 cm³/mol.